The Hall–Kier alpha value is -2.78. The van der Waals surface area contributed by atoms with Crippen molar-refractivity contribution in [3.63, 3.8) is 0 Å². The third-order valence-electron chi connectivity index (χ3n) is 5.38. The van der Waals surface area contributed by atoms with E-state index in [0.717, 1.165) is 64.5 Å². The predicted octanol–water partition coefficient (Wildman–Crippen LogP) is 5.76. The number of hydrogen-bond acceptors (Lipinski definition) is 5. The number of methoxy groups -OCH3 is 4. The van der Waals surface area contributed by atoms with E-state index >= 15 is 0 Å². The Morgan fingerprint density at radius 1 is 0.800 bits per heavy atom. The first-order chi connectivity index (χ1) is 14.7. The summed E-state index contributed by atoms with van der Waals surface area (Å²) in [7, 11) is 6.15. The lowest BCUT2D eigenvalue weighted by Gasteiger charge is -2.22. The maximum Gasteiger partial charge on any atom is 0.332 e. The quantitative estimate of drug-likeness (QED) is 0.526. The molecule has 1 fully saturated rings. The van der Waals surface area contributed by atoms with Gasteiger partial charge in [-0.25, -0.2) is 0 Å². The molecule has 0 saturated heterocycles. The van der Waals surface area contributed by atoms with E-state index in [9.17, 15) is 4.57 Å². The fourth-order valence-corrected chi connectivity index (χ4v) is 4.58. The van der Waals surface area contributed by atoms with Crippen LogP contribution in [0, 0.1) is 0 Å². The molecule has 0 N–H and O–H groups in total. The molecular weight excluding hydrogens is 399 g/mol. The van der Waals surface area contributed by atoms with Crippen molar-refractivity contribution in [2.45, 2.75) is 24.9 Å². The summed E-state index contributed by atoms with van der Waals surface area (Å²) in [6, 6.07) is 11.4. The molecule has 3 rings (SSSR count). The Morgan fingerprint density at radius 3 is 1.70 bits per heavy atom. The molecule has 0 spiro atoms. The molecule has 0 heterocycles. The highest BCUT2D eigenvalue weighted by molar-refractivity contribution is 7.25. The van der Waals surface area contributed by atoms with E-state index in [4.69, 9.17) is 18.9 Å². The van der Waals surface area contributed by atoms with Gasteiger partial charge in [0, 0.05) is 5.57 Å². The van der Waals surface area contributed by atoms with Gasteiger partial charge in [-0.2, -0.15) is 0 Å². The zero-order chi connectivity index (χ0) is 21.5. The van der Waals surface area contributed by atoms with Crippen molar-refractivity contribution >= 4 is 20.6 Å². The van der Waals surface area contributed by atoms with Gasteiger partial charge in [0.1, 0.15) is 23.0 Å². The first-order valence-electron chi connectivity index (χ1n) is 9.89. The Labute approximate surface area is 179 Å². The fraction of sp³-hybridized carbons (Fsp3) is 0.333. The van der Waals surface area contributed by atoms with Crippen LogP contribution in [0.2, 0.25) is 0 Å². The number of benzene rings is 2. The van der Waals surface area contributed by atoms with E-state index in [-0.39, 0.29) is 5.66 Å². The molecule has 1 aliphatic carbocycles. The van der Waals surface area contributed by atoms with Gasteiger partial charge in [-0.1, -0.05) is 16.7 Å². The number of rotatable bonds is 7. The van der Waals surface area contributed by atoms with Crippen molar-refractivity contribution in [2.75, 3.05) is 28.4 Å². The van der Waals surface area contributed by atoms with E-state index in [1.54, 1.807) is 28.4 Å². The van der Waals surface area contributed by atoms with Gasteiger partial charge in [0.2, 0.25) is 0 Å². The van der Waals surface area contributed by atoms with Crippen LogP contribution >= 0.6 is 8.46 Å². The summed E-state index contributed by atoms with van der Waals surface area (Å²) < 4.78 is 34.3. The van der Waals surface area contributed by atoms with Gasteiger partial charge < -0.3 is 18.9 Å². The van der Waals surface area contributed by atoms with E-state index < -0.39 is 8.46 Å². The van der Waals surface area contributed by atoms with Crippen LogP contribution in [0.5, 0.6) is 23.0 Å². The van der Waals surface area contributed by atoms with Crippen LogP contribution in [-0.4, -0.2) is 34.1 Å². The second-order valence-electron chi connectivity index (χ2n) is 6.98. The van der Waals surface area contributed by atoms with Crippen LogP contribution in [-0.2, 0) is 4.57 Å². The Morgan fingerprint density at radius 2 is 1.27 bits per heavy atom. The van der Waals surface area contributed by atoms with Crippen LogP contribution in [0.1, 0.15) is 30.4 Å². The molecule has 2 unspecified atom stereocenters. The minimum absolute atomic E-state index is 0.0414. The number of hydrogen-bond donors (Lipinski definition) is 0. The lowest BCUT2D eigenvalue weighted by Crippen LogP contribution is -2.12. The average Bonchev–Trinajstić information content (AvgIpc) is 2.80. The number of ether oxygens (including phenoxy) is 4. The highest BCUT2D eigenvalue weighted by atomic mass is 31.1. The molecule has 2 aromatic rings. The summed E-state index contributed by atoms with van der Waals surface area (Å²) in [5, 5.41) is 0. The zero-order valence-corrected chi connectivity index (χ0v) is 18.9. The molecular formula is C24H28O5P+. The molecule has 30 heavy (non-hydrogen) atoms. The Balaban J connectivity index is 2.20. The van der Waals surface area contributed by atoms with Crippen molar-refractivity contribution < 1.29 is 23.5 Å². The van der Waals surface area contributed by atoms with Crippen LogP contribution in [0.3, 0.4) is 0 Å². The molecule has 5 nitrogen and oxygen atoms in total. The largest absolute Gasteiger partial charge is 0.496 e. The Bertz CT molecular complexity index is 920. The molecule has 2 aromatic carbocycles. The average molecular weight is 427 g/mol. The highest BCUT2D eigenvalue weighted by Crippen LogP contribution is 2.42. The van der Waals surface area contributed by atoms with Gasteiger partial charge in [0.05, 0.1) is 39.6 Å². The van der Waals surface area contributed by atoms with Gasteiger partial charge in [-0.15, -0.1) is 0 Å². The van der Waals surface area contributed by atoms with Crippen LogP contribution in [0.4, 0.5) is 0 Å². The van der Waals surface area contributed by atoms with Crippen molar-refractivity contribution in [1.29, 1.82) is 0 Å². The smallest absolute Gasteiger partial charge is 0.332 e. The van der Waals surface area contributed by atoms with E-state index in [1.807, 2.05) is 36.4 Å². The molecule has 2 atom stereocenters. The third kappa shape index (κ3) is 4.52. The second kappa shape index (κ2) is 10.3. The SMILES string of the molecule is COc1cccc(OC)c1C=C1CCCC([PH+]=O)C1=Cc1c(OC)cccc1OC. The highest BCUT2D eigenvalue weighted by Gasteiger charge is 2.30. The van der Waals surface area contributed by atoms with Crippen LogP contribution in [0.25, 0.3) is 12.2 Å². The van der Waals surface area contributed by atoms with Gasteiger partial charge >= 0.3 is 8.46 Å². The van der Waals surface area contributed by atoms with Gasteiger partial charge in [-0.05, 0) is 61.3 Å². The molecule has 1 aliphatic rings. The van der Waals surface area contributed by atoms with Crippen molar-refractivity contribution in [3.8, 4) is 23.0 Å². The summed E-state index contributed by atoms with van der Waals surface area (Å²) in [5.74, 6) is 2.91. The second-order valence-corrected chi connectivity index (χ2v) is 7.92. The van der Waals surface area contributed by atoms with Gasteiger partial charge in [-0.3, -0.25) is 0 Å². The van der Waals surface area contributed by atoms with E-state index in [2.05, 4.69) is 12.2 Å². The van der Waals surface area contributed by atoms with E-state index in [1.165, 1.54) is 0 Å². The Kier molecular flexibility index (Phi) is 7.53. The van der Waals surface area contributed by atoms with Crippen molar-refractivity contribution in [3.05, 3.63) is 58.7 Å². The van der Waals surface area contributed by atoms with Gasteiger partial charge in [0.25, 0.3) is 0 Å². The minimum atomic E-state index is -0.428. The maximum absolute atomic E-state index is 12.1. The maximum atomic E-state index is 12.1. The van der Waals surface area contributed by atoms with Crippen LogP contribution < -0.4 is 18.9 Å². The molecule has 6 heteroatoms. The van der Waals surface area contributed by atoms with Gasteiger partial charge in [0.15, 0.2) is 5.66 Å². The topological polar surface area (TPSA) is 54.0 Å². The summed E-state index contributed by atoms with van der Waals surface area (Å²) in [5.41, 5.74) is 3.84. The monoisotopic (exact) mass is 427 g/mol. The summed E-state index contributed by atoms with van der Waals surface area (Å²) >= 11 is 0. The lowest BCUT2D eigenvalue weighted by molar-refractivity contribution is 0.392. The zero-order valence-electron chi connectivity index (χ0n) is 17.9. The molecule has 0 aliphatic heterocycles. The predicted molar refractivity (Wildman–Crippen MR) is 122 cm³/mol. The minimum Gasteiger partial charge on any atom is -0.496 e. The molecule has 0 amide bonds. The van der Waals surface area contributed by atoms with Crippen LogP contribution in [0.15, 0.2) is 47.5 Å². The fourth-order valence-electron chi connectivity index (χ4n) is 3.87. The standard InChI is InChI=1S/C24H27O5P/c1-26-20-9-6-10-21(27-2)18(20)14-16-8-5-13-24(30-25)17(16)15-19-22(28-3)11-7-12-23(19)29-4/h6-7,9-12,14-15,24H,5,8,13H2,1-4H3/p+1. The normalized spacial score (nSPS) is 19.1. The molecule has 0 bridgehead atoms. The van der Waals surface area contributed by atoms with E-state index in [0.29, 0.717) is 0 Å². The summed E-state index contributed by atoms with van der Waals surface area (Å²) in [4.78, 5) is 0. The molecule has 158 valence electrons. The molecule has 0 radical (unpaired) electrons. The third-order valence-corrected chi connectivity index (χ3v) is 6.26. The van der Waals surface area contributed by atoms with Crippen molar-refractivity contribution in [1.82, 2.24) is 0 Å². The summed E-state index contributed by atoms with van der Waals surface area (Å²) in [6.07, 6.45) is 6.89. The van der Waals surface area contributed by atoms with Crippen molar-refractivity contribution in [2.24, 2.45) is 0 Å². The summed E-state index contributed by atoms with van der Waals surface area (Å²) in [6.45, 7) is 0. The first kappa shape index (κ1) is 21.9. The molecule has 1 saturated carbocycles. The lowest BCUT2D eigenvalue weighted by atomic mass is 9.86. The molecule has 0 aromatic heterocycles. The first-order valence-corrected chi connectivity index (χ1v) is 10.9. The number of allylic oxidation sites excluding steroid dienone is 2.